The number of piperidine rings is 1. The van der Waals surface area contributed by atoms with Gasteiger partial charge in [-0.15, -0.1) is 0 Å². The number of hydrogen-bond donors (Lipinski definition) is 2. The van der Waals surface area contributed by atoms with Crippen LogP contribution in [0.4, 0.5) is 10.6 Å². The zero-order chi connectivity index (χ0) is 28.5. The molecule has 2 aromatic heterocycles. The first-order valence-corrected chi connectivity index (χ1v) is 13.8. The SMILES string of the molecule is COc1ccc(-c2cc(C)c3ncnc(N4CCc5ccc(C(=O)N[C@@H]6CCCN(C(=O)O)C6)cc5C4)c3c2)cn1. The van der Waals surface area contributed by atoms with E-state index in [1.54, 1.807) is 19.6 Å². The molecule has 6 rings (SSSR count). The number of likely N-dealkylation sites (tertiary alicyclic amines) is 1. The molecule has 210 valence electrons. The average Bonchev–Trinajstić information content (AvgIpc) is 3.00. The third-order valence-corrected chi connectivity index (χ3v) is 7.99. The fourth-order valence-electron chi connectivity index (χ4n) is 5.84. The van der Waals surface area contributed by atoms with E-state index in [-0.39, 0.29) is 11.9 Å². The molecule has 10 heteroatoms. The summed E-state index contributed by atoms with van der Waals surface area (Å²) in [6.45, 7) is 4.29. The molecule has 2 aliphatic heterocycles. The predicted octanol–water partition coefficient (Wildman–Crippen LogP) is 4.44. The largest absolute Gasteiger partial charge is 0.481 e. The topological polar surface area (TPSA) is 121 Å². The number of anilines is 1. The van der Waals surface area contributed by atoms with Gasteiger partial charge in [0, 0.05) is 61.0 Å². The van der Waals surface area contributed by atoms with Crippen LogP contribution in [0.5, 0.6) is 5.88 Å². The second-order valence-corrected chi connectivity index (χ2v) is 10.7. The molecule has 10 nitrogen and oxygen atoms in total. The molecule has 1 saturated heterocycles. The Morgan fingerprint density at radius 1 is 1.02 bits per heavy atom. The quantitative estimate of drug-likeness (QED) is 0.373. The number of carboxylic acid groups (broad SMARTS) is 1. The number of aromatic nitrogens is 3. The van der Waals surface area contributed by atoms with Crippen molar-refractivity contribution < 1.29 is 19.4 Å². The summed E-state index contributed by atoms with van der Waals surface area (Å²) in [4.78, 5) is 41.8. The van der Waals surface area contributed by atoms with Crippen molar-refractivity contribution in [2.45, 2.75) is 38.8 Å². The van der Waals surface area contributed by atoms with Crippen molar-refractivity contribution in [1.82, 2.24) is 25.2 Å². The lowest BCUT2D eigenvalue weighted by Crippen LogP contribution is -2.49. The first kappa shape index (κ1) is 26.5. The van der Waals surface area contributed by atoms with Crippen LogP contribution in [0.25, 0.3) is 22.0 Å². The van der Waals surface area contributed by atoms with Gasteiger partial charge in [0.05, 0.1) is 12.6 Å². The summed E-state index contributed by atoms with van der Waals surface area (Å²) in [7, 11) is 1.60. The van der Waals surface area contributed by atoms with E-state index >= 15 is 0 Å². The van der Waals surface area contributed by atoms with Crippen LogP contribution in [0.3, 0.4) is 0 Å². The molecule has 4 aromatic rings. The number of amides is 2. The molecule has 0 unspecified atom stereocenters. The minimum atomic E-state index is -0.946. The molecule has 0 bridgehead atoms. The fraction of sp³-hybridized carbons (Fsp3) is 0.323. The highest BCUT2D eigenvalue weighted by atomic mass is 16.5. The molecule has 2 amide bonds. The molecule has 2 aromatic carbocycles. The van der Waals surface area contributed by atoms with Gasteiger partial charge < -0.3 is 25.0 Å². The smallest absolute Gasteiger partial charge is 0.407 e. The maximum Gasteiger partial charge on any atom is 0.407 e. The molecule has 1 fully saturated rings. The predicted molar refractivity (Wildman–Crippen MR) is 155 cm³/mol. The Labute approximate surface area is 238 Å². The van der Waals surface area contributed by atoms with Gasteiger partial charge in [-0.2, -0.15) is 0 Å². The number of ether oxygens (including phenoxy) is 1. The summed E-state index contributed by atoms with van der Waals surface area (Å²) in [5.74, 6) is 1.25. The standard InChI is InChI=1S/C31H32N6O4/c1-19-12-23(22-7-8-27(41-2)32-15-22)14-26-28(19)33-18-34-29(26)36-11-9-20-5-6-21(13-24(20)16-36)30(38)35-25-4-3-10-37(17-25)31(39)40/h5-8,12-15,18,25H,3-4,9-11,16-17H2,1-2H3,(H,35,38)(H,39,40)/t25-/m1/s1. The van der Waals surface area contributed by atoms with Crippen LogP contribution in [-0.4, -0.2) is 69.7 Å². The van der Waals surface area contributed by atoms with Crippen molar-refractivity contribution in [3.8, 4) is 17.0 Å². The molecule has 4 heterocycles. The van der Waals surface area contributed by atoms with Crippen LogP contribution in [-0.2, 0) is 13.0 Å². The van der Waals surface area contributed by atoms with Gasteiger partial charge in [-0.05, 0) is 78.8 Å². The normalized spacial score (nSPS) is 16.8. The van der Waals surface area contributed by atoms with Crippen molar-refractivity contribution in [2.24, 2.45) is 0 Å². The number of nitrogens with one attached hydrogen (secondary N) is 1. The van der Waals surface area contributed by atoms with E-state index in [1.165, 1.54) is 10.5 Å². The second-order valence-electron chi connectivity index (χ2n) is 10.7. The second kappa shape index (κ2) is 11.0. The van der Waals surface area contributed by atoms with E-state index in [0.29, 0.717) is 31.1 Å². The molecule has 0 saturated carbocycles. The third-order valence-electron chi connectivity index (χ3n) is 7.99. The van der Waals surface area contributed by atoms with Gasteiger partial charge in [0.15, 0.2) is 0 Å². The average molecular weight is 553 g/mol. The molecule has 2 N–H and O–H groups in total. The van der Waals surface area contributed by atoms with E-state index in [9.17, 15) is 14.7 Å². The Hall–Kier alpha value is -4.73. The van der Waals surface area contributed by atoms with Crippen molar-refractivity contribution in [3.63, 3.8) is 0 Å². The van der Waals surface area contributed by atoms with Crippen LogP contribution in [0.2, 0.25) is 0 Å². The molecular weight excluding hydrogens is 520 g/mol. The van der Waals surface area contributed by atoms with Crippen molar-refractivity contribution in [2.75, 3.05) is 31.6 Å². The number of methoxy groups -OCH3 is 1. The van der Waals surface area contributed by atoms with Gasteiger partial charge in [-0.1, -0.05) is 6.07 Å². The van der Waals surface area contributed by atoms with Crippen molar-refractivity contribution in [1.29, 1.82) is 0 Å². The van der Waals surface area contributed by atoms with Crippen LogP contribution < -0.4 is 15.0 Å². The van der Waals surface area contributed by atoms with E-state index in [0.717, 1.165) is 64.8 Å². The van der Waals surface area contributed by atoms with E-state index in [1.807, 2.05) is 30.3 Å². The van der Waals surface area contributed by atoms with Crippen LogP contribution in [0.15, 0.2) is 55.0 Å². The summed E-state index contributed by atoms with van der Waals surface area (Å²) in [5.41, 5.74) is 6.84. The highest BCUT2D eigenvalue weighted by Crippen LogP contribution is 2.33. The zero-order valence-electron chi connectivity index (χ0n) is 23.1. The van der Waals surface area contributed by atoms with E-state index in [2.05, 4.69) is 39.2 Å². The maximum absolute atomic E-state index is 13.1. The molecule has 2 aliphatic rings. The van der Waals surface area contributed by atoms with Gasteiger partial charge in [-0.25, -0.2) is 19.7 Å². The van der Waals surface area contributed by atoms with Gasteiger partial charge in [0.25, 0.3) is 5.91 Å². The van der Waals surface area contributed by atoms with Gasteiger partial charge in [-0.3, -0.25) is 4.79 Å². The maximum atomic E-state index is 13.1. The summed E-state index contributed by atoms with van der Waals surface area (Å²) in [6.07, 6.45) is 4.81. The fourth-order valence-corrected chi connectivity index (χ4v) is 5.84. The molecule has 1 atom stereocenters. The first-order chi connectivity index (χ1) is 19.9. The first-order valence-electron chi connectivity index (χ1n) is 13.8. The van der Waals surface area contributed by atoms with E-state index in [4.69, 9.17) is 9.72 Å². The number of carbonyl (C=O) groups excluding carboxylic acids is 1. The Morgan fingerprint density at radius 3 is 2.68 bits per heavy atom. The molecule has 0 aliphatic carbocycles. The van der Waals surface area contributed by atoms with Crippen LogP contribution >= 0.6 is 0 Å². The third kappa shape index (κ3) is 5.37. The number of nitrogens with zero attached hydrogens (tertiary/aromatic N) is 5. The Balaban J connectivity index is 1.26. The lowest BCUT2D eigenvalue weighted by atomic mass is 9.96. The van der Waals surface area contributed by atoms with Gasteiger partial charge in [0.1, 0.15) is 12.1 Å². The summed E-state index contributed by atoms with van der Waals surface area (Å²) < 4.78 is 5.21. The summed E-state index contributed by atoms with van der Waals surface area (Å²) in [5, 5.41) is 13.3. The lowest BCUT2D eigenvalue weighted by molar-refractivity contribution is 0.0888. The Morgan fingerprint density at radius 2 is 1.90 bits per heavy atom. The highest BCUT2D eigenvalue weighted by molar-refractivity contribution is 5.96. The Bertz CT molecular complexity index is 1620. The minimum Gasteiger partial charge on any atom is -0.481 e. The number of aryl methyl sites for hydroxylation is 1. The number of carbonyl (C=O) groups is 2. The highest BCUT2D eigenvalue weighted by Gasteiger charge is 2.26. The monoisotopic (exact) mass is 552 g/mol. The molecule has 41 heavy (non-hydrogen) atoms. The summed E-state index contributed by atoms with van der Waals surface area (Å²) in [6, 6.07) is 13.7. The Kier molecular flexibility index (Phi) is 7.13. The molecular formula is C31H32N6O4. The number of pyridine rings is 1. The lowest BCUT2D eigenvalue weighted by Gasteiger charge is -2.32. The van der Waals surface area contributed by atoms with E-state index < -0.39 is 6.09 Å². The van der Waals surface area contributed by atoms with Crippen LogP contribution in [0.1, 0.15) is 39.9 Å². The van der Waals surface area contributed by atoms with Gasteiger partial charge in [0.2, 0.25) is 5.88 Å². The molecule has 0 radical (unpaired) electrons. The number of benzene rings is 2. The number of rotatable bonds is 5. The number of hydrogen-bond acceptors (Lipinski definition) is 7. The van der Waals surface area contributed by atoms with Crippen molar-refractivity contribution >= 4 is 28.7 Å². The summed E-state index contributed by atoms with van der Waals surface area (Å²) >= 11 is 0. The zero-order valence-corrected chi connectivity index (χ0v) is 23.1. The molecule has 0 spiro atoms. The van der Waals surface area contributed by atoms with Gasteiger partial charge >= 0.3 is 6.09 Å². The minimum absolute atomic E-state index is 0.178. The van der Waals surface area contributed by atoms with Crippen LogP contribution in [0, 0.1) is 6.92 Å². The van der Waals surface area contributed by atoms with Crippen molar-refractivity contribution in [3.05, 3.63) is 77.2 Å². The number of fused-ring (bicyclic) bond motifs is 2.